The van der Waals surface area contributed by atoms with E-state index in [0.717, 1.165) is 18.7 Å². The highest BCUT2D eigenvalue weighted by Gasteiger charge is 2.28. The first-order chi connectivity index (χ1) is 12.0. The zero-order valence-electron chi connectivity index (χ0n) is 14.5. The van der Waals surface area contributed by atoms with Crippen molar-refractivity contribution >= 4 is 17.3 Å². The topological polar surface area (TPSA) is 87.4 Å². The van der Waals surface area contributed by atoms with Crippen molar-refractivity contribution in [2.75, 3.05) is 43.4 Å². The largest absolute Gasteiger partial charge is 0.360 e. The van der Waals surface area contributed by atoms with E-state index in [1.54, 1.807) is 0 Å². The lowest BCUT2D eigenvalue weighted by molar-refractivity contribution is -0.383. The number of likely N-dealkylation sites (N-methyl/N-ethyl adjacent to an activating group) is 1. The van der Waals surface area contributed by atoms with Gasteiger partial charge in [-0.25, -0.2) is 9.97 Å². The average molecular weight is 342 g/mol. The Kier molecular flexibility index (Phi) is 5.08. The van der Waals surface area contributed by atoms with Gasteiger partial charge in [0, 0.05) is 32.7 Å². The van der Waals surface area contributed by atoms with E-state index in [9.17, 15) is 10.1 Å². The molecule has 1 aromatic heterocycles. The summed E-state index contributed by atoms with van der Waals surface area (Å²) in [5.74, 6) is 0.647. The van der Waals surface area contributed by atoms with E-state index in [4.69, 9.17) is 0 Å². The lowest BCUT2D eigenvalue weighted by atomic mass is 10.1. The summed E-state index contributed by atoms with van der Waals surface area (Å²) in [4.78, 5) is 23.7. The van der Waals surface area contributed by atoms with Crippen LogP contribution >= 0.6 is 0 Å². The highest BCUT2D eigenvalue weighted by atomic mass is 16.6. The minimum Gasteiger partial charge on any atom is -0.360 e. The molecule has 1 aromatic carbocycles. The second-order valence-corrected chi connectivity index (χ2v) is 6.28. The molecule has 2 heterocycles. The van der Waals surface area contributed by atoms with Gasteiger partial charge in [0.05, 0.1) is 4.92 Å². The molecule has 2 aromatic rings. The molecular weight excluding hydrogens is 320 g/mol. The molecule has 132 valence electrons. The van der Waals surface area contributed by atoms with Crippen LogP contribution in [-0.4, -0.2) is 53.0 Å². The second-order valence-electron chi connectivity index (χ2n) is 6.28. The maximum absolute atomic E-state index is 11.7. The Balaban J connectivity index is 1.82. The molecule has 0 atom stereocenters. The number of aryl methyl sites for hydroxylation is 1. The van der Waals surface area contributed by atoms with E-state index >= 15 is 0 Å². The number of piperazine rings is 1. The van der Waals surface area contributed by atoms with Crippen molar-refractivity contribution in [3.8, 4) is 0 Å². The van der Waals surface area contributed by atoms with Crippen LogP contribution in [0.2, 0.25) is 0 Å². The molecule has 1 aliphatic rings. The first-order valence-electron chi connectivity index (χ1n) is 8.27. The van der Waals surface area contributed by atoms with Crippen molar-refractivity contribution < 1.29 is 4.92 Å². The van der Waals surface area contributed by atoms with Crippen LogP contribution < -0.4 is 10.2 Å². The monoisotopic (exact) mass is 342 g/mol. The van der Waals surface area contributed by atoms with Crippen LogP contribution in [0, 0.1) is 17.0 Å². The molecule has 1 aliphatic heterocycles. The zero-order chi connectivity index (χ0) is 17.8. The Morgan fingerprint density at radius 3 is 2.48 bits per heavy atom. The minimum atomic E-state index is -0.398. The molecule has 1 saturated heterocycles. The first kappa shape index (κ1) is 17.1. The molecule has 0 unspecified atom stereocenters. The first-order valence-corrected chi connectivity index (χ1v) is 8.27. The van der Waals surface area contributed by atoms with Gasteiger partial charge in [0.2, 0.25) is 11.6 Å². The van der Waals surface area contributed by atoms with Crippen LogP contribution in [0.1, 0.15) is 11.1 Å². The Bertz CT molecular complexity index is 741. The third-order valence-electron chi connectivity index (χ3n) is 4.37. The van der Waals surface area contributed by atoms with Crippen molar-refractivity contribution in [2.45, 2.75) is 13.5 Å². The lowest BCUT2D eigenvalue weighted by Crippen LogP contribution is -2.45. The summed E-state index contributed by atoms with van der Waals surface area (Å²) in [5.41, 5.74) is 2.16. The molecular formula is C17H22N6O2. The fourth-order valence-electron chi connectivity index (χ4n) is 2.81. The van der Waals surface area contributed by atoms with Crippen molar-refractivity contribution in [1.29, 1.82) is 0 Å². The SMILES string of the molecule is Cc1ccc(CNc2ncnc(N3CCN(C)CC3)c2[N+](=O)[O-])cc1. The molecule has 8 heteroatoms. The van der Waals surface area contributed by atoms with Crippen molar-refractivity contribution in [3.63, 3.8) is 0 Å². The van der Waals surface area contributed by atoms with E-state index in [0.29, 0.717) is 25.5 Å². The second kappa shape index (κ2) is 7.43. The summed E-state index contributed by atoms with van der Waals surface area (Å²) in [5, 5.41) is 14.7. The number of hydrogen-bond donors (Lipinski definition) is 1. The van der Waals surface area contributed by atoms with Gasteiger partial charge in [-0.05, 0) is 19.5 Å². The lowest BCUT2D eigenvalue weighted by Gasteiger charge is -2.32. The molecule has 0 saturated carbocycles. The van der Waals surface area contributed by atoms with E-state index in [1.807, 2.05) is 43.1 Å². The van der Waals surface area contributed by atoms with Crippen molar-refractivity contribution in [3.05, 3.63) is 51.8 Å². The predicted octanol–water partition coefficient (Wildman–Crippen LogP) is 2.06. The number of benzene rings is 1. The Morgan fingerprint density at radius 2 is 1.84 bits per heavy atom. The van der Waals surface area contributed by atoms with E-state index < -0.39 is 4.92 Å². The molecule has 0 amide bonds. The van der Waals surface area contributed by atoms with Crippen LogP contribution in [0.5, 0.6) is 0 Å². The number of nitrogens with one attached hydrogen (secondary N) is 1. The Labute approximate surface area is 146 Å². The summed E-state index contributed by atoms with van der Waals surface area (Å²) in [6.07, 6.45) is 1.39. The van der Waals surface area contributed by atoms with E-state index in [2.05, 4.69) is 20.2 Å². The maximum atomic E-state index is 11.7. The molecule has 0 aliphatic carbocycles. The summed E-state index contributed by atoms with van der Waals surface area (Å²) in [7, 11) is 2.04. The van der Waals surface area contributed by atoms with Crippen molar-refractivity contribution in [2.24, 2.45) is 0 Å². The normalized spacial score (nSPS) is 15.2. The molecule has 0 radical (unpaired) electrons. The van der Waals surface area contributed by atoms with Crippen LogP contribution in [0.25, 0.3) is 0 Å². The summed E-state index contributed by atoms with van der Waals surface area (Å²) in [6.45, 7) is 5.63. The molecule has 0 bridgehead atoms. The zero-order valence-corrected chi connectivity index (χ0v) is 14.5. The summed E-state index contributed by atoms with van der Waals surface area (Å²) in [6, 6.07) is 8.02. The fraction of sp³-hybridized carbons (Fsp3) is 0.412. The summed E-state index contributed by atoms with van der Waals surface area (Å²) >= 11 is 0. The minimum absolute atomic E-state index is 0.0563. The van der Waals surface area contributed by atoms with E-state index in [-0.39, 0.29) is 11.5 Å². The third kappa shape index (κ3) is 4.03. The molecule has 3 rings (SSSR count). The number of nitrogens with zero attached hydrogens (tertiary/aromatic N) is 5. The average Bonchev–Trinajstić information content (AvgIpc) is 2.61. The molecule has 25 heavy (non-hydrogen) atoms. The van der Waals surface area contributed by atoms with Gasteiger partial charge in [-0.1, -0.05) is 29.8 Å². The van der Waals surface area contributed by atoms with Crippen LogP contribution in [0.15, 0.2) is 30.6 Å². The number of anilines is 2. The molecule has 8 nitrogen and oxygen atoms in total. The standard InChI is InChI=1S/C17H22N6O2/c1-13-3-5-14(6-4-13)11-18-16-15(23(24)25)17(20-12-19-16)22-9-7-21(2)8-10-22/h3-6,12H,7-11H2,1-2H3,(H,18,19,20). The van der Waals surface area contributed by atoms with Gasteiger partial charge < -0.3 is 15.1 Å². The van der Waals surface area contributed by atoms with Crippen molar-refractivity contribution in [1.82, 2.24) is 14.9 Å². The van der Waals surface area contributed by atoms with Gasteiger partial charge in [-0.15, -0.1) is 0 Å². The maximum Gasteiger partial charge on any atom is 0.353 e. The predicted molar refractivity (Wildman–Crippen MR) is 96.9 cm³/mol. The summed E-state index contributed by atoms with van der Waals surface area (Å²) < 4.78 is 0. The van der Waals surface area contributed by atoms with Gasteiger partial charge in [-0.3, -0.25) is 10.1 Å². The number of hydrogen-bond acceptors (Lipinski definition) is 7. The highest BCUT2D eigenvalue weighted by Crippen LogP contribution is 2.32. The number of rotatable bonds is 5. The number of nitro groups is 1. The van der Waals surface area contributed by atoms with Gasteiger partial charge in [0.1, 0.15) is 6.33 Å². The van der Waals surface area contributed by atoms with Gasteiger partial charge in [0.25, 0.3) is 0 Å². The fourth-order valence-corrected chi connectivity index (χ4v) is 2.81. The molecule has 0 spiro atoms. The highest BCUT2D eigenvalue weighted by molar-refractivity contribution is 5.70. The Morgan fingerprint density at radius 1 is 1.16 bits per heavy atom. The van der Waals surface area contributed by atoms with E-state index in [1.165, 1.54) is 11.9 Å². The van der Waals surface area contributed by atoms with Crippen LogP contribution in [0.4, 0.5) is 17.3 Å². The van der Waals surface area contributed by atoms with Crippen LogP contribution in [-0.2, 0) is 6.54 Å². The molecule has 1 N–H and O–H groups in total. The Hall–Kier alpha value is -2.74. The van der Waals surface area contributed by atoms with Gasteiger partial charge in [0.15, 0.2) is 0 Å². The van der Waals surface area contributed by atoms with Gasteiger partial charge >= 0.3 is 5.69 Å². The smallest absolute Gasteiger partial charge is 0.353 e. The van der Waals surface area contributed by atoms with Gasteiger partial charge in [-0.2, -0.15) is 0 Å². The third-order valence-corrected chi connectivity index (χ3v) is 4.37. The number of aromatic nitrogens is 2. The quantitative estimate of drug-likeness (QED) is 0.657. The molecule has 1 fully saturated rings. The van der Waals surface area contributed by atoms with Crippen LogP contribution in [0.3, 0.4) is 0 Å².